The average Bonchev–Trinajstić information content (AvgIpc) is 3.13. The zero-order valence-electron chi connectivity index (χ0n) is 17.4. The third-order valence-electron chi connectivity index (χ3n) is 4.66. The standard InChI is InChI=1S/C20H29N7O3/c1-3-21-20(23-11-10-22-19(29)14-4-7-16(28)8-5-14)24-15-6-9-18-25-17(13-30-2)26-27(18)12-15/h4-5,7-8,15,28H,3,6,9-13H2,1-2H3,(H,22,29)(H2,21,23,24). The first-order chi connectivity index (χ1) is 14.6. The molecule has 3 rings (SSSR count). The van der Waals surface area contributed by atoms with E-state index in [1.807, 2.05) is 11.6 Å². The summed E-state index contributed by atoms with van der Waals surface area (Å²) in [5.41, 5.74) is 0.500. The van der Waals surface area contributed by atoms with E-state index in [1.54, 1.807) is 19.2 Å². The van der Waals surface area contributed by atoms with Crippen molar-refractivity contribution in [3.63, 3.8) is 0 Å². The summed E-state index contributed by atoms with van der Waals surface area (Å²) in [5.74, 6) is 2.34. The zero-order chi connectivity index (χ0) is 21.3. The molecule has 1 amide bonds. The number of phenolic OH excluding ortho intramolecular Hbond substituents is 1. The fraction of sp³-hybridized carbons (Fsp3) is 0.500. The maximum Gasteiger partial charge on any atom is 0.251 e. The van der Waals surface area contributed by atoms with Crippen LogP contribution < -0.4 is 16.0 Å². The first-order valence-corrected chi connectivity index (χ1v) is 10.1. The van der Waals surface area contributed by atoms with Crippen molar-refractivity contribution in [2.75, 3.05) is 26.7 Å². The summed E-state index contributed by atoms with van der Waals surface area (Å²) < 4.78 is 7.04. The van der Waals surface area contributed by atoms with Gasteiger partial charge < -0.3 is 25.8 Å². The van der Waals surface area contributed by atoms with Gasteiger partial charge in [0.1, 0.15) is 18.2 Å². The molecule has 0 fully saturated rings. The van der Waals surface area contributed by atoms with Crippen LogP contribution >= 0.6 is 0 Å². The number of aliphatic imine (C=N–C) groups is 1. The highest BCUT2D eigenvalue weighted by atomic mass is 16.5. The number of benzene rings is 1. The van der Waals surface area contributed by atoms with Crippen molar-refractivity contribution >= 4 is 11.9 Å². The fourth-order valence-corrected chi connectivity index (χ4v) is 3.23. The van der Waals surface area contributed by atoms with E-state index in [2.05, 4.69) is 31.0 Å². The summed E-state index contributed by atoms with van der Waals surface area (Å²) in [4.78, 5) is 21.2. The van der Waals surface area contributed by atoms with E-state index in [-0.39, 0.29) is 17.7 Å². The number of aromatic nitrogens is 3. The number of amides is 1. The number of carbonyl (C=O) groups is 1. The number of nitrogens with zero attached hydrogens (tertiary/aromatic N) is 4. The second-order valence-corrected chi connectivity index (χ2v) is 7.00. The van der Waals surface area contributed by atoms with Gasteiger partial charge in [-0.3, -0.25) is 9.79 Å². The Balaban J connectivity index is 1.49. The molecule has 1 unspecified atom stereocenters. The minimum atomic E-state index is -0.194. The molecule has 1 aliphatic rings. The Morgan fingerprint density at radius 2 is 2.13 bits per heavy atom. The van der Waals surface area contributed by atoms with Crippen LogP contribution in [0.5, 0.6) is 5.75 Å². The highest BCUT2D eigenvalue weighted by molar-refractivity contribution is 5.94. The second kappa shape index (κ2) is 10.6. The topological polar surface area (TPSA) is 126 Å². The van der Waals surface area contributed by atoms with Crippen LogP contribution in [0.1, 0.15) is 35.4 Å². The third kappa shape index (κ3) is 5.93. The molecule has 1 aromatic carbocycles. The molecule has 0 spiro atoms. The maximum atomic E-state index is 12.1. The first-order valence-electron chi connectivity index (χ1n) is 10.1. The van der Waals surface area contributed by atoms with Crippen molar-refractivity contribution in [2.24, 2.45) is 4.99 Å². The molecular weight excluding hydrogens is 386 g/mol. The van der Waals surface area contributed by atoms with Crippen LogP contribution in [0, 0.1) is 0 Å². The fourth-order valence-electron chi connectivity index (χ4n) is 3.23. The lowest BCUT2D eigenvalue weighted by molar-refractivity contribution is 0.0955. The molecule has 4 N–H and O–H groups in total. The van der Waals surface area contributed by atoms with Gasteiger partial charge in [0.15, 0.2) is 11.8 Å². The molecule has 10 nitrogen and oxygen atoms in total. The van der Waals surface area contributed by atoms with Crippen molar-refractivity contribution < 1.29 is 14.6 Å². The van der Waals surface area contributed by atoms with E-state index < -0.39 is 0 Å². The number of ether oxygens (including phenoxy) is 1. The van der Waals surface area contributed by atoms with Crippen LogP contribution in [-0.4, -0.2) is 64.5 Å². The molecule has 1 aromatic heterocycles. The minimum Gasteiger partial charge on any atom is -0.508 e. The second-order valence-electron chi connectivity index (χ2n) is 7.00. The van der Waals surface area contributed by atoms with Crippen LogP contribution in [0.25, 0.3) is 0 Å². The number of aryl methyl sites for hydroxylation is 1. The van der Waals surface area contributed by atoms with Gasteiger partial charge in [-0.25, -0.2) is 9.67 Å². The van der Waals surface area contributed by atoms with Crippen molar-refractivity contribution in [3.05, 3.63) is 41.5 Å². The molecular formula is C20H29N7O3. The average molecular weight is 415 g/mol. The van der Waals surface area contributed by atoms with Gasteiger partial charge in [-0.1, -0.05) is 0 Å². The Kier molecular flexibility index (Phi) is 7.61. The van der Waals surface area contributed by atoms with E-state index in [9.17, 15) is 9.90 Å². The summed E-state index contributed by atoms with van der Waals surface area (Å²) in [5, 5.41) is 23.3. The number of methoxy groups -OCH3 is 1. The summed E-state index contributed by atoms with van der Waals surface area (Å²) in [7, 11) is 1.64. The van der Waals surface area contributed by atoms with Crippen LogP contribution in [0.2, 0.25) is 0 Å². The number of fused-ring (bicyclic) bond motifs is 1. The molecule has 0 radical (unpaired) electrons. The maximum absolute atomic E-state index is 12.1. The largest absolute Gasteiger partial charge is 0.508 e. The molecule has 1 aliphatic heterocycles. The lowest BCUT2D eigenvalue weighted by Crippen LogP contribution is -2.47. The summed E-state index contributed by atoms with van der Waals surface area (Å²) in [6, 6.07) is 6.34. The number of hydrogen-bond acceptors (Lipinski definition) is 6. The molecule has 10 heteroatoms. The molecule has 0 aliphatic carbocycles. The minimum absolute atomic E-state index is 0.133. The Labute approximate surface area is 175 Å². The molecule has 0 bridgehead atoms. The van der Waals surface area contributed by atoms with E-state index in [0.29, 0.717) is 43.6 Å². The van der Waals surface area contributed by atoms with Gasteiger partial charge in [-0.15, -0.1) is 0 Å². The zero-order valence-corrected chi connectivity index (χ0v) is 17.4. The highest BCUT2D eigenvalue weighted by Crippen LogP contribution is 2.13. The van der Waals surface area contributed by atoms with Crippen LogP contribution in [0.3, 0.4) is 0 Å². The van der Waals surface area contributed by atoms with E-state index in [1.165, 1.54) is 12.1 Å². The predicted molar refractivity (Wildman–Crippen MR) is 112 cm³/mol. The highest BCUT2D eigenvalue weighted by Gasteiger charge is 2.22. The van der Waals surface area contributed by atoms with Gasteiger partial charge in [0.2, 0.25) is 0 Å². The number of hydrogen-bond donors (Lipinski definition) is 4. The number of guanidine groups is 1. The van der Waals surface area contributed by atoms with Crippen LogP contribution in [0.15, 0.2) is 29.3 Å². The van der Waals surface area contributed by atoms with E-state index in [0.717, 1.165) is 25.2 Å². The lowest BCUT2D eigenvalue weighted by Gasteiger charge is -2.25. The number of rotatable bonds is 8. The van der Waals surface area contributed by atoms with Gasteiger partial charge in [0.25, 0.3) is 5.91 Å². The summed E-state index contributed by atoms with van der Waals surface area (Å²) in [6.45, 7) is 4.74. The number of phenols is 1. The van der Waals surface area contributed by atoms with Crippen molar-refractivity contribution in [3.8, 4) is 5.75 Å². The summed E-state index contributed by atoms with van der Waals surface area (Å²) in [6.07, 6.45) is 1.78. The summed E-state index contributed by atoms with van der Waals surface area (Å²) >= 11 is 0. The van der Waals surface area contributed by atoms with Gasteiger partial charge in [0.05, 0.1) is 13.1 Å². The Bertz CT molecular complexity index is 864. The third-order valence-corrected chi connectivity index (χ3v) is 4.66. The molecule has 2 aromatic rings. The number of aromatic hydroxyl groups is 1. The molecule has 0 saturated carbocycles. The van der Waals surface area contributed by atoms with Crippen molar-refractivity contribution in [1.29, 1.82) is 0 Å². The first kappa shape index (κ1) is 21.6. The van der Waals surface area contributed by atoms with Gasteiger partial charge in [0, 0.05) is 38.2 Å². The van der Waals surface area contributed by atoms with Crippen LogP contribution in [-0.2, 0) is 24.3 Å². The quantitative estimate of drug-likeness (QED) is 0.280. The monoisotopic (exact) mass is 415 g/mol. The van der Waals surface area contributed by atoms with Crippen molar-refractivity contribution in [1.82, 2.24) is 30.7 Å². The van der Waals surface area contributed by atoms with Gasteiger partial charge in [-0.2, -0.15) is 5.10 Å². The number of nitrogens with one attached hydrogen (secondary N) is 3. The molecule has 162 valence electrons. The number of carbonyl (C=O) groups excluding carboxylic acids is 1. The van der Waals surface area contributed by atoms with E-state index >= 15 is 0 Å². The molecule has 2 heterocycles. The normalized spacial score (nSPS) is 16.1. The lowest BCUT2D eigenvalue weighted by atomic mass is 10.1. The van der Waals surface area contributed by atoms with Crippen molar-refractivity contribution in [2.45, 2.75) is 39.0 Å². The smallest absolute Gasteiger partial charge is 0.251 e. The van der Waals surface area contributed by atoms with Gasteiger partial charge >= 0.3 is 0 Å². The van der Waals surface area contributed by atoms with Crippen LogP contribution in [0.4, 0.5) is 0 Å². The Morgan fingerprint density at radius 3 is 2.87 bits per heavy atom. The SMILES string of the molecule is CCNC(=NCCNC(=O)c1ccc(O)cc1)NC1CCc2nc(COC)nn2C1. The molecule has 0 saturated heterocycles. The Hall–Kier alpha value is -3.14. The van der Waals surface area contributed by atoms with E-state index in [4.69, 9.17) is 4.74 Å². The Morgan fingerprint density at radius 1 is 1.33 bits per heavy atom. The molecule has 30 heavy (non-hydrogen) atoms. The predicted octanol–water partition coefficient (Wildman–Crippen LogP) is 0.430. The molecule has 1 atom stereocenters. The van der Waals surface area contributed by atoms with Gasteiger partial charge in [-0.05, 0) is 37.6 Å².